The molecule has 0 atom stereocenters. The molecule has 4 heteroatoms. The lowest BCUT2D eigenvalue weighted by atomic mass is 10.1. The van der Waals surface area contributed by atoms with E-state index in [0.29, 0.717) is 11.3 Å². The Morgan fingerprint density at radius 3 is 2.10 bits per heavy atom. The van der Waals surface area contributed by atoms with E-state index in [-0.39, 0.29) is 11.5 Å². The van der Waals surface area contributed by atoms with E-state index in [4.69, 9.17) is 15.7 Å². The predicted molar refractivity (Wildman–Crippen MR) is 74.7 cm³/mol. The Labute approximate surface area is 116 Å². The van der Waals surface area contributed by atoms with Crippen LogP contribution in [0.1, 0.15) is 10.4 Å². The average Bonchev–Trinajstić information content (AvgIpc) is 2.49. The second-order valence-corrected chi connectivity index (χ2v) is 3.96. The van der Waals surface area contributed by atoms with Crippen LogP contribution in [-0.4, -0.2) is 5.78 Å². The van der Waals surface area contributed by atoms with Crippen molar-refractivity contribution in [1.29, 1.82) is 5.26 Å². The van der Waals surface area contributed by atoms with Crippen molar-refractivity contribution in [1.82, 2.24) is 0 Å². The fraction of sp³-hybridized carbons (Fsp3) is 0. The van der Waals surface area contributed by atoms with E-state index in [1.165, 1.54) is 0 Å². The van der Waals surface area contributed by atoms with Gasteiger partial charge in [0.1, 0.15) is 11.8 Å². The van der Waals surface area contributed by atoms with Crippen LogP contribution in [0.3, 0.4) is 0 Å². The highest BCUT2D eigenvalue weighted by Gasteiger charge is 2.17. The minimum Gasteiger partial charge on any atom is -0.440 e. The fourth-order valence-corrected chi connectivity index (χ4v) is 1.62. The Balaban J connectivity index is 2.29. The molecule has 0 aliphatic carbocycles. The third-order valence-corrected chi connectivity index (χ3v) is 2.59. The molecule has 4 nitrogen and oxygen atoms in total. The minimum atomic E-state index is -0.457. The van der Waals surface area contributed by atoms with E-state index in [2.05, 4.69) is 0 Å². The zero-order chi connectivity index (χ0) is 14.4. The van der Waals surface area contributed by atoms with Crippen LogP contribution < -0.4 is 10.5 Å². The third-order valence-electron chi connectivity index (χ3n) is 2.59. The van der Waals surface area contributed by atoms with E-state index < -0.39 is 5.78 Å². The van der Waals surface area contributed by atoms with Crippen LogP contribution in [0.25, 0.3) is 0 Å². The number of benzene rings is 2. The molecule has 2 rings (SSSR count). The molecule has 20 heavy (non-hydrogen) atoms. The summed E-state index contributed by atoms with van der Waals surface area (Å²) in [6, 6.07) is 19.0. The van der Waals surface area contributed by atoms with E-state index in [9.17, 15) is 4.79 Å². The number of hydrogen-bond donors (Lipinski definition) is 1. The van der Waals surface area contributed by atoms with Crippen molar-refractivity contribution in [2.75, 3.05) is 0 Å². The fourth-order valence-electron chi connectivity index (χ4n) is 1.62. The number of para-hydroxylation sites is 1. The number of allylic oxidation sites excluding steroid dienone is 1. The number of carbonyl (C=O) groups is 1. The summed E-state index contributed by atoms with van der Waals surface area (Å²) in [7, 11) is 0. The summed E-state index contributed by atoms with van der Waals surface area (Å²) in [5, 5.41) is 9.12. The molecule has 0 heterocycles. The molecule has 2 aromatic rings. The first kappa shape index (κ1) is 13.4. The number of ether oxygens (including phenoxy) is 1. The summed E-state index contributed by atoms with van der Waals surface area (Å²) in [6.45, 7) is 0. The van der Waals surface area contributed by atoms with Gasteiger partial charge in [-0.3, -0.25) is 4.79 Å². The summed E-state index contributed by atoms with van der Waals surface area (Å²) in [4.78, 5) is 12.2. The van der Waals surface area contributed by atoms with Gasteiger partial charge in [0.05, 0.1) is 0 Å². The summed E-state index contributed by atoms with van der Waals surface area (Å²) in [5.41, 5.74) is 5.90. The highest BCUT2D eigenvalue weighted by molar-refractivity contribution is 6.11. The van der Waals surface area contributed by atoms with Gasteiger partial charge < -0.3 is 10.5 Å². The van der Waals surface area contributed by atoms with Crippen LogP contribution in [0, 0.1) is 11.3 Å². The molecule has 0 fully saturated rings. The van der Waals surface area contributed by atoms with Gasteiger partial charge in [0.2, 0.25) is 11.7 Å². The van der Waals surface area contributed by atoms with Crippen molar-refractivity contribution in [3.05, 3.63) is 77.7 Å². The zero-order valence-electron chi connectivity index (χ0n) is 10.6. The maximum Gasteiger partial charge on any atom is 0.212 e. The summed E-state index contributed by atoms with van der Waals surface area (Å²) < 4.78 is 5.32. The molecular formula is C16H12N2O2. The van der Waals surface area contributed by atoms with E-state index in [0.717, 1.165) is 0 Å². The number of nitrogens with zero attached hydrogens (tertiary/aromatic N) is 1. The van der Waals surface area contributed by atoms with Gasteiger partial charge in [-0.25, -0.2) is 0 Å². The van der Waals surface area contributed by atoms with Crippen LogP contribution in [-0.2, 0) is 0 Å². The molecule has 0 radical (unpaired) electrons. The molecule has 0 aliphatic rings. The number of hydrogen-bond acceptors (Lipinski definition) is 4. The van der Waals surface area contributed by atoms with Crippen molar-refractivity contribution in [3.63, 3.8) is 0 Å². The second kappa shape index (κ2) is 6.21. The molecule has 2 N–H and O–H groups in total. The molecule has 0 bridgehead atoms. The number of nitrogens with two attached hydrogens (primary N) is 1. The Morgan fingerprint density at radius 1 is 1.00 bits per heavy atom. The lowest BCUT2D eigenvalue weighted by Gasteiger charge is -2.07. The van der Waals surface area contributed by atoms with Gasteiger partial charge in [0.25, 0.3) is 0 Å². The van der Waals surface area contributed by atoms with Crippen LogP contribution in [0.4, 0.5) is 0 Å². The molecule has 0 saturated heterocycles. The second-order valence-electron chi connectivity index (χ2n) is 3.96. The van der Waals surface area contributed by atoms with Crippen molar-refractivity contribution >= 4 is 5.78 Å². The molecule has 0 saturated carbocycles. The standard InChI is InChI=1S/C16H12N2O2/c17-11-14(15(19)12-7-3-1-4-8-12)16(18)20-13-9-5-2-6-10-13/h1-10H,18H2/b16-14+. The molecule has 0 amide bonds. The lowest BCUT2D eigenvalue weighted by Crippen LogP contribution is -2.15. The smallest absolute Gasteiger partial charge is 0.212 e. The van der Waals surface area contributed by atoms with Crippen LogP contribution in [0.15, 0.2) is 72.1 Å². The Hall–Kier alpha value is -3.06. The van der Waals surface area contributed by atoms with Gasteiger partial charge >= 0.3 is 0 Å². The number of ketones is 1. The van der Waals surface area contributed by atoms with Crippen LogP contribution >= 0.6 is 0 Å². The predicted octanol–water partition coefficient (Wildman–Crippen LogP) is 2.64. The minimum absolute atomic E-state index is 0.201. The SMILES string of the molecule is N#C/C(C(=O)c1ccccc1)=C(/N)Oc1ccccc1. The van der Waals surface area contributed by atoms with E-state index >= 15 is 0 Å². The van der Waals surface area contributed by atoms with Gasteiger partial charge in [-0.05, 0) is 12.1 Å². The Bertz CT molecular complexity index is 671. The maximum atomic E-state index is 12.2. The van der Waals surface area contributed by atoms with Crippen molar-refractivity contribution < 1.29 is 9.53 Å². The summed E-state index contributed by atoms with van der Waals surface area (Å²) in [6.07, 6.45) is 0. The van der Waals surface area contributed by atoms with Crippen molar-refractivity contribution in [2.24, 2.45) is 5.73 Å². The summed E-state index contributed by atoms with van der Waals surface area (Å²) >= 11 is 0. The normalized spacial score (nSPS) is 11.2. The Kier molecular flexibility index (Phi) is 4.15. The van der Waals surface area contributed by atoms with Gasteiger partial charge in [-0.15, -0.1) is 0 Å². The molecule has 0 aliphatic heterocycles. The van der Waals surface area contributed by atoms with Crippen molar-refractivity contribution in [3.8, 4) is 11.8 Å². The maximum absolute atomic E-state index is 12.2. The summed E-state index contributed by atoms with van der Waals surface area (Å²) in [5.74, 6) is -0.187. The molecule has 98 valence electrons. The van der Waals surface area contributed by atoms with E-state index in [1.807, 2.05) is 6.07 Å². The van der Waals surface area contributed by atoms with Crippen LogP contribution in [0.5, 0.6) is 5.75 Å². The monoisotopic (exact) mass is 264 g/mol. The quantitative estimate of drug-likeness (QED) is 0.398. The first-order chi connectivity index (χ1) is 9.72. The molecular weight excluding hydrogens is 252 g/mol. The largest absolute Gasteiger partial charge is 0.440 e. The van der Waals surface area contributed by atoms with Gasteiger partial charge in [0, 0.05) is 5.56 Å². The first-order valence-corrected chi connectivity index (χ1v) is 5.95. The first-order valence-electron chi connectivity index (χ1n) is 5.95. The molecule has 0 aromatic heterocycles. The average molecular weight is 264 g/mol. The topological polar surface area (TPSA) is 76.1 Å². The third kappa shape index (κ3) is 3.03. The highest BCUT2D eigenvalue weighted by Crippen LogP contribution is 2.15. The van der Waals surface area contributed by atoms with Gasteiger partial charge in [0.15, 0.2) is 5.57 Å². The van der Waals surface area contributed by atoms with Crippen molar-refractivity contribution in [2.45, 2.75) is 0 Å². The Morgan fingerprint density at radius 2 is 1.55 bits per heavy atom. The lowest BCUT2D eigenvalue weighted by molar-refractivity contribution is 0.103. The number of carbonyl (C=O) groups excluding carboxylic acids is 1. The van der Waals surface area contributed by atoms with Crippen LogP contribution in [0.2, 0.25) is 0 Å². The molecule has 0 spiro atoms. The molecule has 0 unspecified atom stereocenters. The number of rotatable bonds is 4. The highest BCUT2D eigenvalue weighted by atomic mass is 16.5. The van der Waals surface area contributed by atoms with E-state index in [1.54, 1.807) is 60.7 Å². The number of nitriles is 1. The van der Waals surface area contributed by atoms with Gasteiger partial charge in [-0.2, -0.15) is 5.26 Å². The van der Waals surface area contributed by atoms with Gasteiger partial charge in [-0.1, -0.05) is 48.5 Å². The number of Topliss-reactive ketones (excluding diaryl/α,β-unsaturated/α-hetero) is 1. The molecule has 2 aromatic carbocycles. The zero-order valence-corrected chi connectivity index (χ0v) is 10.6.